The molecule has 0 fully saturated rings. The highest BCUT2D eigenvalue weighted by Gasteiger charge is 2.10. The Hall–Kier alpha value is -3.47. The van der Waals surface area contributed by atoms with Crippen LogP contribution in [0.2, 0.25) is 0 Å². The highest BCUT2D eigenvalue weighted by molar-refractivity contribution is 5.92. The highest BCUT2D eigenvalue weighted by Crippen LogP contribution is 2.30. The Morgan fingerprint density at radius 2 is 1.60 bits per heavy atom. The van der Waals surface area contributed by atoms with Gasteiger partial charge >= 0.3 is 0 Å². The Labute approximate surface area is 177 Å². The summed E-state index contributed by atoms with van der Waals surface area (Å²) in [5, 5.41) is 2.91. The monoisotopic (exact) mass is 405 g/mol. The SMILES string of the molecule is CCOc1ccc(Oc2ccccc2NC(=O)CCOc2cc(C)ccc2C)cc1. The molecule has 0 aliphatic rings. The standard InChI is InChI=1S/C25H27NO4/c1-4-28-20-11-13-21(14-12-20)30-23-8-6-5-7-22(23)26-25(27)15-16-29-24-17-18(2)9-10-19(24)3/h5-14,17H,4,15-16H2,1-3H3,(H,26,27). The lowest BCUT2D eigenvalue weighted by atomic mass is 10.1. The van der Waals surface area contributed by atoms with Gasteiger partial charge in [-0.15, -0.1) is 0 Å². The Morgan fingerprint density at radius 3 is 2.37 bits per heavy atom. The van der Waals surface area contributed by atoms with Gasteiger partial charge in [0.25, 0.3) is 0 Å². The second-order valence-electron chi connectivity index (χ2n) is 6.92. The molecular formula is C25H27NO4. The second kappa shape index (κ2) is 10.3. The van der Waals surface area contributed by atoms with Crippen LogP contribution in [-0.2, 0) is 4.79 Å². The fraction of sp³-hybridized carbons (Fsp3) is 0.240. The summed E-state index contributed by atoms with van der Waals surface area (Å²) in [6.45, 7) is 6.86. The zero-order valence-electron chi connectivity index (χ0n) is 17.6. The molecule has 0 unspecified atom stereocenters. The summed E-state index contributed by atoms with van der Waals surface area (Å²) in [5.41, 5.74) is 2.79. The van der Waals surface area contributed by atoms with E-state index in [2.05, 4.69) is 5.32 Å². The van der Waals surface area contributed by atoms with E-state index in [-0.39, 0.29) is 12.3 Å². The Morgan fingerprint density at radius 1 is 0.867 bits per heavy atom. The van der Waals surface area contributed by atoms with Gasteiger partial charge in [0.15, 0.2) is 5.75 Å². The van der Waals surface area contributed by atoms with Crippen LogP contribution in [0.15, 0.2) is 66.7 Å². The summed E-state index contributed by atoms with van der Waals surface area (Å²) in [7, 11) is 0. The van der Waals surface area contributed by atoms with Gasteiger partial charge < -0.3 is 19.5 Å². The Bertz CT molecular complexity index is 983. The number of benzene rings is 3. The molecule has 30 heavy (non-hydrogen) atoms. The molecule has 0 heterocycles. The lowest BCUT2D eigenvalue weighted by Gasteiger charge is -2.13. The quantitative estimate of drug-likeness (QED) is 0.481. The molecule has 1 N–H and O–H groups in total. The number of aryl methyl sites for hydroxylation is 2. The molecule has 156 valence electrons. The number of ether oxygens (including phenoxy) is 3. The summed E-state index contributed by atoms with van der Waals surface area (Å²) in [5.74, 6) is 2.70. The molecule has 3 aromatic rings. The molecule has 0 bridgehead atoms. The molecule has 0 spiro atoms. The summed E-state index contributed by atoms with van der Waals surface area (Å²) in [6, 6.07) is 20.8. The minimum Gasteiger partial charge on any atom is -0.494 e. The van der Waals surface area contributed by atoms with E-state index in [1.807, 2.05) is 87.5 Å². The number of rotatable bonds is 9. The first kappa shape index (κ1) is 21.2. The number of hydrogen-bond donors (Lipinski definition) is 1. The van der Waals surface area contributed by atoms with Crippen molar-refractivity contribution in [2.45, 2.75) is 27.2 Å². The molecule has 5 nitrogen and oxygen atoms in total. The van der Waals surface area contributed by atoms with Crippen LogP contribution in [0.4, 0.5) is 5.69 Å². The Kier molecular flexibility index (Phi) is 7.33. The predicted molar refractivity (Wildman–Crippen MR) is 119 cm³/mol. The molecule has 0 aromatic heterocycles. The van der Waals surface area contributed by atoms with Crippen LogP contribution in [0.1, 0.15) is 24.5 Å². The third-order valence-electron chi connectivity index (χ3n) is 4.45. The predicted octanol–water partition coefficient (Wildman–Crippen LogP) is 5.90. The molecule has 5 heteroatoms. The number of amides is 1. The van der Waals surface area contributed by atoms with Crippen molar-refractivity contribution in [3.8, 4) is 23.0 Å². The van der Waals surface area contributed by atoms with Crippen LogP contribution in [0, 0.1) is 13.8 Å². The van der Waals surface area contributed by atoms with Gasteiger partial charge in [0, 0.05) is 0 Å². The highest BCUT2D eigenvalue weighted by atomic mass is 16.5. The van der Waals surface area contributed by atoms with Crippen molar-refractivity contribution in [2.24, 2.45) is 0 Å². The van der Waals surface area contributed by atoms with Crippen LogP contribution in [-0.4, -0.2) is 19.1 Å². The largest absolute Gasteiger partial charge is 0.494 e. The molecule has 0 saturated heterocycles. The molecule has 0 atom stereocenters. The van der Waals surface area contributed by atoms with Gasteiger partial charge in [-0.3, -0.25) is 4.79 Å². The minimum atomic E-state index is -0.136. The van der Waals surface area contributed by atoms with Crippen LogP contribution in [0.25, 0.3) is 0 Å². The van der Waals surface area contributed by atoms with Crippen molar-refractivity contribution in [2.75, 3.05) is 18.5 Å². The van der Waals surface area contributed by atoms with Crippen molar-refractivity contribution >= 4 is 11.6 Å². The molecule has 0 saturated carbocycles. The summed E-state index contributed by atoms with van der Waals surface area (Å²) >= 11 is 0. The second-order valence-corrected chi connectivity index (χ2v) is 6.92. The average Bonchev–Trinajstić information content (AvgIpc) is 2.73. The summed E-state index contributed by atoms with van der Waals surface area (Å²) in [4.78, 5) is 12.4. The molecule has 0 aliphatic heterocycles. The number of anilines is 1. The summed E-state index contributed by atoms with van der Waals surface area (Å²) < 4.78 is 17.2. The van der Waals surface area contributed by atoms with Gasteiger partial charge in [-0.05, 0) is 74.4 Å². The van der Waals surface area contributed by atoms with Crippen molar-refractivity contribution < 1.29 is 19.0 Å². The fourth-order valence-corrected chi connectivity index (χ4v) is 2.89. The maximum absolute atomic E-state index is 12.4. The van der Waals surface area contributed by atoms with Gasteiger partial charge in [-0.2, -0.15) is 0 Å². The van der Waals surface area contributed by atoms with E-state index in [4.69, 9.17) is 14.2 Å². The first-order chi connectivity index (χ1) is 14.5. The van der Waals surface area contributed by atoms with Crippen LogP contribution in [0.5, 0.6) is 23.0 Å². The number of hydrogen-bond acceptors (Lipinski definition) is 4. The lowest BCUT2D eigenvalue weighted by Crippen LogP contribution is -2.15. The number of carbonyl (C=O) groups excluding carboxylic acids is 1. The number of carbonyl (C=O) groups is 1. The number of para-hydroxylation sites is 2. The van der Waals surface area contributed by atoms with E-state index in [0.29, 0.717) is 30.4 Å². The van der Waals surface area contributed by atoms with Crippen LogP contribution < -0.4 is 19.5 Å². The molecule has 1 amide bonds. The zero-order valence-corrected chi connectivity index (χ0v) is 17.6. The lowest BCUT2D eigenvalue weighted by molar-refractivity contribution is -0.116. The normalized spacial score (nSPS) is 10.4. The first-order valence-electron chi connectivity index (χ1n) is 10.0. The van der Waals surface area contributed by atoms with Crippen molar-refractivity contribution in [3.63, 3.8) is 0 Å². The summed E-state index contributed by atoms with van der Waals surface area (Å²) in [6.07, 6.45) is 0.241. The molecule has 0 aliphatic carbocycles. The molecule has 0 radical (unpaired) electrons. The van der Waals surface area contributed by atoms with Gasteiger partial charge in [0.2, 0.25) is 5.91 Å². The van der Waals surface area contributed by atoms with E-state index in [0.717, 1.165) is 22.6 Å². The third kappa shape index (κ3) is 6.01. The average molecular weight is 405 g/mol. The van der Waals surface area contributed by atoms with E-state index < -0.39 is 0 Å². The Balaban J connectivity index is 1.57. The maximum atomic E-state index is 12.4. The van der Waals surface area contributed by atoms with Gasteiger partial charge in [-0.25, -0.2) is 0 Å². The van der Waals surface area contributed by atoms with E-state index in [1.54, 1.807) is 0 Å². The maximum Gasteiger partial charge on any atom is 0.227 e. The smallest absolute Gasteiger partial charge is 0.227 e. The first-order valence-corrected chi connectivity index (χ1v) is 10.0. The van der Waals surface area contributed by atoms with Crippen molar-refractivity contribution in [3.05, 3.63) is 77.9 Å². The topological polar surface area (TPSA) is 56.8 Å². The van der Waals surface area contributed by atoms with Crippen LogP contribution in [0.3, 0.4) is 0 Å². The van der Waals surface area contributed by atoms with E-state index in [9.17, 15) is 4.79 Å². The molecule has 3 rings (SSSR count). The minimum absolute atomic E-state index is 0.136. The molecular weight excluding hydrogens is 378 g/mol. The van der Waals surface area contributed by atoms with Crippen molar-refractivity contribution in [1.82, 2.24) is 0 Å². The van der Waals surface area contributed by atoms with E-state index in [1.165, 1.54) is 0 Å². The molecule has 3 aromatic carbocycles. The van der Waals surface area contributed by atoms with Gasteiger partial charge in [0.05, 0.1) is 25.3 Å². The fourth-order valence-electron chi connectivity index (χ4n) is 2.89. The van der Waals surface area contributed by atoms with Gasteiger partial charge in [0.1, 0.15) is 17.2 Å². The van der Waals surface area contributed by atoms with Crippen LogP contribution >= 0.6 is 0 Å². The zero-order chi connectivity index (χ0) is 21.3. The van der Waals surface area contributed by atoms with E-state index >= 15 is 0 Å². The third-order valence-corrected chi connectivity index (χ3v) is 4.45. The van der Waals surface area contributed by atoms with Gasteiger partial charge in [-0.1, -0.05) is 24.3 Å². The number of nitrogens with one attached hydrogen (secondary N) is 1. The van der Waals surface area contributed by atoms with Crippen molar-refractivity contribution in [1.29, 1.82) is 0 Å².